The Bertz CT molecular complexity index is 900. The van der Waals surface area contributed by atoms with Crippen LogP contribution in [-0.2, 0) is 29.2 Å². The number of fused-ring (bicyclic) bond motifs is 3. The maximum Gasteiger partial charge on any atom is -0.147 e. The predicted octanol–water partition coefficient (Wildman–Crippen LogP) is 5.75. The zero-order chi connectivity index (χ0) is 16.0. The van der Waals surface area contributed by atoms with Gasteiger partial charge in [0, 0.05) is 0 Å². The Morgan fingerprint density at radius 3 is 2.32 bits per heavy atom. The molecule has 0 bridgehead atoms. The fraction of sp³-hybridized carbons (Fsp3) is 0.227. The molecule has 0 saturated heterocycles. The van der Waals surface area contributed by atoms with Gasteiger partial charge >= 0.3 is 150 Å². The minimum atomic E-state index is -0.659. The first-order valence-corrected chi connectivity index (χ1v) is 10.8. The van der Waals surface area contributed by atoms with Gasteiger partial charge in [-0.05, 0) is 0 Å². The molecule has 0 nitrogen and oxygen atoms in total. The molecule has 0 unspecified atom stereocenters. The number of allylic oxidation sites excluding steroid dienone is 4. The van der Waals surface area contributed by atoms with Gasteiger partial charge in [-0.2, -0.15) is 0 Å². The van der Waals surface area contributed by atoms with E-state index in [0.29, 0.717) is 0 Å². The standard InChI is InChI=1S/C19H15.C3H6.2ClH.Zr/c1-13-6-7-14(10-13)15-8-9-19-17(11-15)12-16-4-2-3-5-18(16)19;1-3-2;;;/h2-6,8-10H,7,12H2,1H3;1-2H3;2*1H;. The maximum absolute atomic E-state index is 2.40. The number of benzene rings is 2. The van der Waals surface area contributed by atoms with Gasteiger partial charge in [-0.15, -0.1) is 24.8 Å². The molecule has 0 radical (unpaired) electrons. The smallest absolute Gasteiger partial charge is 0.147 e. The van der Waals surface area contributed by atoms with E-state index in [-0.39, 0.29) is 24.8 Å². The number of hydrogen-bond donors (Lipinski definition) is 0. The monoisotopic (exact) mass is 447 g/mol. The van der Waals surface area contributed by atoms with Crippen molar-refractivity contribution < 1.29 is 22.8 Å². The van der Waals surface area contributed by atoms with Gasteiger partial charge in [0.1, 0.15) is 0 Å². The van der Waals surface area contributed by atoms with Crippen LogP contribution >= 0.6 is 24.8 Å². The third-order valence-electron chi connectivity index (χ3n) is 4.75. The van der Waals surface area contributed by atoms with Gasteiger partial charge in [0.25, 0.3) is 0 Å². The summed E-state index contributed by atoms with van der Waals surface area (Å²) >= 11 is -0.659. The molecule has 0 atom stereocenters. The van der Waals surface area contributed by atoms with Crippen LogP contribution in [0.2, 0.25) is 0 Å². The van der Waals surface area contributed by atoms with Gasteiger partial charge in [-0.3, -0.25) is 0 Å². The molecule has 129 valence electrons. The molecule has 2 aliphatic carbocycles. The number of hydrogen-bond acceptors (Lipinski definition) is 0. The Hall–Kier alpha value is -0.747. The zero-order valence-electron chi connectivity index (χ0n) is 14.8. The summed E-state index contributed by atoms with van der Waals surface area (Å²) in [4.78, 5) is 0. The van der Waals surface area contributed by atoms with Crippen LogP contribution in [0.5, 0.6) is 0 Å². The molecule has 25 heavy (non-hydrogen) atoms. The quantitative estimate of drug-likeness (QED) is 0.467. The van der Waals surface area contributed by atoms with Crippen LogP contribution in [-0.4, -0.2) is 3.21 Å². The summed E-state index contributed by atoms with van der Waals surface area (Å²) in [5, 5.41) is 0. The van der Waals surface area contributed by atoms with E-state index in [1.54, 1.807) is 12.0 Å². The van der Waals surface area contributed by atoms with Gasteiger partial charge in [-0.25, -0.2) is 0 Å². The Kier molecular flexibility index (Phi) is 6.82. The molecule has 0 aromatic heterocycles. The van der Waals surface area contributed by atoms with Crippen LogP contribution in [0, 0.1) is 0 Å². The van der Waals surface area contributed by atoms with Crippen molar-refractivity contribution in [3.8, 4) is 11.1 Å². The van der Waals surface area contributed by atoms with Crippen LogP contribution in [0.3, 0.4) is 0 Å². The Labute approximate surface area is 174 Å². The first-order valence-electron chi connectivity index (χ1n) is 8.32. The fourth-order valence-corrected chi connectivity index (χ4v) is 6.80. The second kappa shape index (κ2) is 8.30. The summed E-state index contributed by atoms with van der Waals surface area (Å²) in [6.07, 6.45) is 6.97. The molecule has 0 heterocycles. The molecule has 0 N–H and O–H groups in total. The van der Waals surface area contributed by atoms with E-state index >= 15 is 0 Å². The molecule has 0 spiro atoms. The molecule has 2 aromatic rings. The average molecular weight is 450 g/mol. The summed E-state index contributed by atoms with van der Waals surface area (Å²) in [5.41, 5.74) is 10.6. The second-order valence-electron chi connectivity index (χ2n) is 6.80. The summed E-state index contributed by atoms with van der Waals surface area (Å²) in [5.74, 6) is 0. The van der Waals surface area contributed by atoms with Crippen LogP contribution in [0.4, 0.5) is 0 Å². The van der Waals surface area contributed by atoms with Gasteiger partial charge in [0.15, 0.2) is 0 Å². The minimum Gasteiger partial charge on any atom is -0.147 e. The summed E-state index contributed by atoms with van der Waals surface area (Å²) in [6.45, 7) is 6.86. The molecule has 0 fully saturated rings. The van der Waals surface area contributed by atoms with Crippen LogP contribution in [0.1, 0.15) is 43.9 Å². The topological polar surface area (TPSA) is 0 Å². The first-order chi connectivity index (χ1) is 11.1. The third kappa shape index (κ3) is 3.85. The van der Waals surface area contributed by atoms with Crippen LogP contribution in [0.25, 0.3) is 16.7 Å². The van der Waals surface area contributed by atoms with Gasteiger partial charge < -0.3 is 0 Å². The van der Waals surface area contributed by atoms with E-state index < -0.39 is 22.8 Å². The molecule has 0 saturated carbocycles. The number of halogens is 2. The van der Waals surface area contributed by atoms with Crippen molar-refractivity contribution >= 4 is 36.9 Å². The van der Waals surface area contributed by atoms with Crippen molar-refractivity contribution in [3.05, 3.63) is 70.8 Å². The van der Waals surface area contributed by atoms with E-state index in [1.807, 2.05) is 0 Å². The molecular formula is C22H23Cl2Zr. The van der Waals surface area contributed by atoms with Crippen molar-refractivity contribution in [1.82, 2.24) is 0 Å². The van der Waals surface area contributed by atoms with Crippen LogP contribution < -0.4 is 3.27 Å². The molecule has 2 aromatic carbocycles. The van der Waals surface area contributed by atoms with Crippen molar-refractivity contribution in [2.75, 3.05) is 0 Å². The fourth-order valence-electron chi connectivity index (χ4n) is 3.72. The van der Waals surface area contributed by atoms with Crippen molar-refractivity contribution in [2.45, 2.75) is 33.6 Å². The molecule has 2 aliphatic rings. The third-order valence-corrected chi connectivity index (χ3v) is 8.00. The second-order valence-corrected chi connectivity index (χ2v) is 11.1. The normalized spacial score (nSPS) is 13.6. The molecule has 0 aliphatic heterocycles. The van der Waals surface area contributed by atoms with Crippen LogP contribution in [0.15, 0.2) is 54.1 Å². The predicted molar refractivity (Wildman–Crippen MR) is 112 cm³/mol. The maximum atomic E-state index is 2.40. The van der Waals surface area contributed by atoms with E-state index in [0.717, 1.165) is 12.8 Å². The van der Waals surface area contributed by atoms with Gasteiger partial charge in [-0.1, -0.05) is 0 Å². The van der Waals surface area contributed by atoms with Crippen molar-refractivity contribution in [2.24, 2.45) is 0 Å². The Balaban J connectivity index is 0.00000113. The van der Waals surface area contributed by atoms with Gasteiger partial charge in [0.2, 0.25) is 0 Å². The van der Waals surface area contributed by atoms with Crippen molar-refractivity contribution in [3.63, 3.8) is 0 Å². The zero-order valence-corrected chi connectivity index (χ0v) is 18.9. The minimum absolute atomic E-state index is 0. The Morgan fingerprint density at radius 1 is 0.920 bits per heavy atom. The van der Waals surface area contributed by atoms with E-state index in [4.69, 9.17) is 0 Å². The first kappa shape index (κ1) is 20.6. The summed E-state index contributed by atoms with van der Waals surface area (Å²) in [6, 6.07) is 13.7. The summed E-state index contributed by atoms with van der Waals surface area (Å²) in [7, 11) is 0. The van der Waals surface area contributed by atoms with Gasteiger partial charge in [0.05, 0.1) is 0 Å². The average Bonchev–Trinajstić information content (AvgIpc) is 3.11. The molecule has 3 heteroatoms. The molecule has 0 amide bonds. The summed E-state index contributed by atoms with van der Waals surface area (Å²) < 4.78 is 3.37. The van der Waals surface area contributed by atoms with E-state index in [2.05, 4.69) is 69.3 Å². The molecule has 4 rings (SSSR count). The number of rotatable bonds is 2. The largest absolute Gasteiger partial charge is 0.147 e. The van der Waals surface area contributed by atoms with E-state index in [9.17, 15) is 0 Å². The molecular weight excluding hydrogens is 426 g/mol. The Morgan fingerprint density at radius 2 is 1.64 bits per heavy atom. The SMILES string of the molecule is CC1=CCC(c2ccc3c([c]2[Zr]=[C](C)C)Cc2ccccc2-3)=C1.Cl.Cl. The van der Waals surface area contributed by atoms with E-state index in [1.165, 1.54) is 33.4 Å². The van der Waals surface area contributed by atoms with Crippen molar-refractivity contribution in [1.29, 1.82) is 0 Å².